The second kappa shape index (κ2) is 22.1. The number of unbranched alkanes of at least 4 members (excludes halogenated alkanes) is 3. The molecule has 14 heteroatoms. The van der Waals surface area contributed by atoms with Crippen LogP contribution in [0.3, 0.4) is 0 Å². The van der Waals surface area contributed by atoms with Crippen LogP contribution in [0.15, 0.2) is 66.9 Å². The van der Waals surface area contributed by atoms with Crippen LogP contribution in [0.4, 0.5) is 16.3 Å². The SMILES string of the molecule is O=C(CCC(=O)NCC(=O)NCc1cccc(-n2nccc2NC(=O)Nc2ccccc2)c1)NCCOCCOCCCCCCCl. The van der Waals surface area contributed by atoms with Crippen molar-refractivity contribution in [3.8, 4) is 5.69 Å². The zero-order valence-corrected chi connectivity index (χ0v) is 27.2. The lowest BCUT2D eigenvalue weighted by molar-refractivity contribution is -0.128. The number of hydrogen-bond donors (Lipinski definition) is 5. The number of rotatable bonds is 22. The number of alkyl halides is 1. The Hall–Kier alpha value is -4.46. The van der Waals surface area contributed by atoms with E-state index in [1.165, 1.54) is 0 Å². The van der Waals surface area contributed by atoms with E-state index < -0.39 is 11.9 Å². The Morgan fingerprint density at radius 3 is 2.26 bits per heavy atom. The Labute approximate surface area is 280 Å². The lowest BCUT2D eigenvalue weighted by Crippen LogP contribution is -2.37. The third-order valence-electron chi connectivity index (χ3n) is 6.70. The minimum atomic E-state index is -0.411. The van der Waals surface area contributed by atoms with Crippen molar-refractivity contribution in [1.82, 2.24) is 25.7 Å². The second-order valence-corrected chi connectivity index (χ2v) is 10.9. The summed E-state index contributed by atoms with van der Waals surface area (Å²) < 4.78 is 12.5. The first kappa shape index (κ1) is 37.0. The highest BCUT2D eigenvalue weighted by atomic mass is 35.5. The van der Waals surface area contributed by atoms with Gasteiger partial charge in [-0.2, -0.15) is 5.10 Å². The summed E-state index contributed by atoms with van der Waals surface area (Å²) in [7, 11) is 0. The van der Waals surface area contributed by atoms with Crippen molar-refractivity contribution in [2.45, 2.75) is 45.1 Å². The van der Waals surface area contributed by atoms with Gasteiger partial charge in [-0.05, 0) is 42.7 Å². The molecule has 1 aromatic heterocycles. The Kier molecular flexibility index (Phi) is 17.4. The van der Waals surface area contributed by atoms with Gasteiger partial charge in [0.25, 0.3) is 0 Å². The minimum absolute atomic E-state index is 0.00522. The minimum Gasteiger partial charge on any atom is -0.379 e. The van der Waals surface area contributed by atoms with Crippen LogP contribution in [-0.4, -0.2) is 78.9 Å². The van der Waals surface area contributed by atoms with Gasteiger partial charge in [0.05, 0.1) is 38.2 Å². The van der Waals surface area contributed by atoms with Crippen LogP contribution in [0, 0.1) is 0 Å². The van der Waals surface area contributed by atoms with Gasteiger partial charge in [-0.25, -0.2) is 9.48 Å². The molecule has 0 aliphatic heterocycles. The lowest BCUT2D eigenvalue weighted by atomic mass is 10.2. The average Bonchev–Trinajstić information content (AvgIpc) is 3.54. The number of carbonyl (C=O) groups excluding carboxylic acids is 4. The number of amides is 5. The van der Waals surface area contributed by atoms with E-state index in [0.717, 1.165) is 31.2 Å². The van der Waals surface area contributed by atoms with Crippen LogP contribution in [0.25, 0.3) is 5.69 Å². The average molecular weight is 670 g/mol. The smallest absolute Gasteiger partial charge is 0.324 e. The van der Waals surface area contributed by atoms with E-state index in [-0.39, 0.29) is 37.7 Å². The summed E-state index contributed by atoms with van der Waals surface area (Å²) >= 11 is 5.65. The first-order valence-electron chi connectivity index (χ1n) is 15.7. The Bertz CT molecular complexity index is 1390. The molecule has 3 rings (SSSR count). The van der Waals surface area contributed by atoms with E-state index in [0.29, 0.717) is 56.0 Å². The molecule has 13 nitrogen and oxygen atoms in total. The van der Waals surface area contributed by atoms with Crippen LogP contribution < -0.4 is 26.6 Å². The summed E-state index contributed by atoms with van der Waals surface area (Å²) in [6.45, 7) is 2.35. The number of halogens is 1. The van der Waals surface area contributed by atoms with Crippen molar-refractivity contribution in [1.29, 1.82) is 0 Å². The Balaban J connectivity index is 1.26. The molecule has 0 aliphatic rings. The summed E-state index contributed by atoms with van der Waals surface area (Å²) in [6, 6.07) is 17.6. The summed E-state index contributed by atoms with van der Waals surface area (Å²) in [6.07, 6.45) is 5.80. The predicted octanol–water partition coefficient (Wildman–Crippen LogP) is 3.98. The maximum Gasteiger partial charge on any atom is 0.324 e. The fourth-order valence-corrected chi connectivity index (χ4v) is 4.47. The number of urea groups is 1. The molecular weight excluding hydrogens is 626 g/mol. The van der Waals surface area contributed by atoms with Crippen LogP contribution in [0.5, 0.6) is 0 Å². The van der Waals surface area contributed by atoms with Crippen LogP contribution in [-0.2, 0) is 30.4 Å². The van der Waals surface area contributed by atoms with E-state index in [4.69, 9.17) is 21.1 Å². The summed E-state index contributed by atoms with van der Waals surface area (Å²) in [5.74, 6) is 0.119. The first-order chi connectivity index (χ1) is 22.9. The van der Waals surface area contributed by atoms with Crippen molar-refractivity contribution in [2.75, 3.05) is 56.0 Å². The van der Waals surface area contributed by atoms with E-state index in [1.54, 1.807) is 29.1 Å². The molecular formula is C33H44ClN7O6. The largest absolute Gasteiger partial charge is 0.379 e. The monoisotopic (exact) mass is 669 g/mol. The molecule has 0 spiro atoms. The van der Waals surface area contributed by atoms with Gasteiger partial charge in [0.15, 0.2) is 0 Å². The molecule has 0 unspecified atom stereocenters. The highest BCUT2D eigenvalue weighted by Crippen LogP contribution is 2.17. The standard InChI is InChI=1S/C33H44ClN7O6/c34-16-6-1-2-7-19-46-21-22-47-20-18-35-30(42)13-14-31(43)37-25-32(44)36-24-26-9-8-12-28(23-26)41-29(15-17-38-41)40-33(45)39-27-10-4-3-5-11-27/h3-5,8-12,15,17,23H,1-2,6-7,13-14,16,18-22,24-25H2,(H,35,42)(H,36,44)(H,37,43)(H2,39,40,45). The topological polar surface area (TPSA) is 165 Å². The second-order valence-electron chi connectivity index (χ2n) is 10.5. The van der Waals surface area contributed by atoms with Gasteiger partial charge in [-0.1, -0.05) is 43.2 Å². The van der Waals surface area contributed by atoms with Gasteiger partial charge in [0.1, 0.15) is 5.82 Å². The maximum atomic E-state index is 12.4. The molecule has 2 aromatic carbocycles. The molecule has 0 bridgehead atoms. The molecule has 5 N–H and O–H groups in total. The maximum absolute atomic E-state index is 12.4. The molecule has 0 saturated heterocycles. The fourth-order valence-electron chi connectivity index (χ4n) is 4.28. The van der Waals surface area contributed by atoms with Gasteiger partial charge in [-0.3, -0.25) is 19.7 Å². The van der Waals surface area contributed by atoms with Crippen molar-refractivity contribution in [3.63, 3.8) is 0 Å². The zero-order valence-electron chi connectivity index (χ0n) is 26.5. The van der Waals surface area contributed by atoms with Gasteiger partial charge >= 0.3 is 6.03 Å². The number of carbonyl (C=O) groups is 4. The third-order valence-corrected chi connectivity index (χ3v) is 6.97. The van der Waals surface area contributed by atoms with E-state index in [1.807, 2.05) is 42.5 Å². The Morgan fingerprint density at radius 1 is 0.723 bits per heavy atom. The molecule has 254 valence electrons. The van der Waals surface area contributed by atoms with Crippen molar-refractivity contribution in [2.24, 2.45) is 0 Å². The van der Waals surface area contributed by atoms with E-state index >= 15 is 0 Å². The summed E-state index contributed by atoms with van der Waals surface area (Å²) in [4.78, 5) is 48.9. The van der Waals surface area contributed by atoms with Crippen molar-refractivity contribution < 1.29 is 28.7 Å². The van der Waals surface area contributed by atoms with E-state index in [2.05, 4.69) is 31.7 Å². The number of nitrogens with zero attached hydrogens (tertiary/aromatic N) is 2. The molecule has 0 radical (unpaired) electrons. The quantitative estimate of drug-likeness (QED) is 0.0798. The summed E-state index contributed by atoms with van der Waals surface area (Å²) in [5, 5.41) is 17.8. The number of aromatic nitrogens is 2. The highest BCUT2D eigenvalue weighted by Gasteiger charge is 2.11. The van der Waals surface area contributed by atoms with Crippen molar-refractivity contribution in [3.05, 3.63) is 72.4 Å². The van der Waals surface area contributed by atoms with Gasteiger partial charge in [-0.15, -0.1) is 11.6 Å². The van der Waals surface area contributed by atoms with Crippen LogP contribution in [0.1, 0.15) is 44.1 Å². The predicted molar refractivity (Wildman–Crippen MR) is 181 cm³/mol. The van der Waals surface area contributed by atoms with Crippen molar-refractivity contribution >= 4 is 46.9 Å². The lowest BCUT2D eigenvalue weighted by Gasteiger charge is -2.12. The third kappa shape index (κ3) is 15.6. The number of para-hydroxylation sites is 1. The molecule has 0 saturated carbocycles. The molecule has 0 aliphatic carbocycles. The molecule has 47 heavy (non-hydrogen) atoms. The fraction of sp³-hybridized carbons (Fsp3) is 0.424. The zero-order chi connectivity index (χ0) is 33.5. The number of hydrogen-bond acceptors (Lipinski definition) is 7. The number of nitrogens with one attached hydrogen (secondary N) is 5. The van der Waals surface area contributed by atoms with Crippen LogP contribution >= 0.6 is 11.6 Å². The Morgan fingerprint density at radius 2 is 1.47 bits per heavy atom. The first-order valence-corrected chi connectivity index (χ1v) is 16.3. The van der Waals surface area contributed by atoms with Crippen LogP contribution in [0.2, 0.25) is 0 Å². The number of ether oxygens (including phenoxy) is 2. The van der Waals surface area contributed by atoms with E-state index in [9.17, 15) is 19.2 Å². The van der Waals surface area contributed by atoms with Gasteiger partial charge < -0.3 is 30.7 Å². The molecule has 1 heterocycles. The summed E-state index contributed by atoms with van der Waals surface area (Å²) in [5.41, 5.74) is 2.13. The van der Waals surface area contributed by atoms with Gasteiger partial charge in [0, 0.05) is 50.2 Å². The number of anilines is 2. The molecule has 0 atom stereocenters. The number of benzene rings is 2. The highest BCUT2D eigenvalue weighted by molar-refractivity contribution is 6.17. The van der Waals surface area contributed by atoms with Gasteiger partial charge in [0.2, 0.25) is 17.7 Å². The molecule has 0 fully saturated rings. The normalized spacial score (nSPS) is 10.7. The molecule has 5 amide bonds. The molecule has 3 aromatic rings.